The quantitative estimate of drug-likeness (QED) is 0.427. The van der Waals surface area contributed by atoms with Crippen molar-refractivity contribution < 1.29 is 33.3 Å². The van der Waals surface area contributed by atoms with Gasteiger partial charge in [-0.2, -0.15) is 0 Å². The number of aryl methyl sites for hydroxylation is 1. The van der Waals surface area contributed by atoms with E-state index >= 15 is 0 Å². The number of benzene rings is 2. The van der Waals surface area contributed by atoms with Gasteiger partial charge in [0.15, 0.2) is 0 Å². The Morgan fingerprint density at radius 3 is 2.37 bits per heavy atom. The first-order chi connectivity index (χ1) is 18.3. The monoisotopic (exact) mass is 524 g/mol. The average molecular weight is 525 g/mol. The molecule has 1 fully saturated rings. The smallest absolute Gasteiger partial charge is 0.409 e. The van der Waals surface area contributed by atoms with Crippen molar-refractivity contribution in [3.05, 3.63) is 63.5 Å². The third kappa shape index (κ3) is 5.91. The van der Waals surface area contributed by atoms with Crippen molar-refractivity contribution in [3.8, 4) is 17.2 Å². The highest BCUT2D eigenvalue weighted by Gasteiger charge is 2.25. The molecule has 0 radical (unpaired) electrons. The first-order valence-corrected chi connectivity index (χ1v) is 12.7. The SMILES string of the molecule is CCCOC(=O)c1ccc(Oc2c(C)oc3c(CN4CCN(C(=O)OCC)CC4)c(O)ccc3c2=O)cc1. The van der Waals surface area contributed by atoms with E-state index in [0.717, 1.165) is 6.42 Å². The Kier molecular flexibility index (Phi) is 8.52. The molecule has 4 rings (SSSR count). The van der Waals surface area contributed by atoms with Gasteiger partial charge in [-0.1, -0.05) is 6.92 Å². The Bertz CT molecular complexity index is 1360. The lowest BCUT2D eigenvalue weighted by Crippen LogP contribution is -2.48. The number of esters is 1. The predicted octanol–water partition coefficient (Wildman–Crippen LogP) is 4.44. The summed E-state index contributed by atoms with van der Waals surface area (Å²) >= 11 is 0. The van der Waals surface area contributed by atoms with E-state index in [1.54, 1.807) is 43.0 Å². The van der Waals surface area contributed by atoms with E-state index in [0.29, 0.717) is 68.4 Å². The number of hydrogen-bond donors (Lipinski definition) is 1. The van der Waals surface area contributed by atoms with Crippen LogP contribution in [0.5, 0.6) is 17.2 Å². The molecule has 1 aliphatic rings. The van der Waals surface area contributed by atoms with E-state index in [1.807, 2.05) is 6.92 Å². The Labute approximate surface area is 220 Å². The lowest BCUT2D eigenvalue weighted by Gasteiger charge is -2.34. The summed E-state index contributed by atoms with van der Waals surface area (Å²) in [5.74, 6) is 0.248. The molecule has 1 aromatic heterocycles. The third-order valence-corrected chi connectivity index (χ3v) is 6.29. The van der Waals surface area contributed by atoms with Crippen molar-refractivity contribution >= 4 is 23.0 Å². The summed E-state index contributed by atoms with van der Waals surface area (Å²) in [7, 11) is 0. The molecule has 0 atom stereocenters. The zero-order chi connectivity index (χ0) is 27.2. The van der Waals surface area contributed by atoms with Crippen LogP contribution in [0.3, 0.4) is 0 Å². The van der Waals surface area contributed by atoms with Gasteiger partial charge < -0.3 is 28.6 Å². The van der Waals surface area contributed by atoms with E-state index < -0.39 is 5.97 Å². The highest BCUT2D eigenvalue weighted by molar-refractivity contribution is 5.89. The zero-order valence-corrected chi connectivity index (χ0v) is 21.8. The van der Waals surface area contributed by atoms with Gasteiger partial charge in [0.1, 0.15) is 22.8 Å². The molecule has 10 nitrogen and oxygen atoms in total. The van der Waals surface area contributed by atoms with Gasteiger partial charge in [0.25, 0.3) is 0 Å². The second kappa shape index (κ2) is 12.0. The average Bonchev–Trinajstić information content (AvgIpc) is 2.92. The van der Waals surface area contributed by atoms with Crippen molar-refractivity contribution in [2.45, 2.75) is 33.7 Å². The summed E-state index contributed by atoms with van der Waals surface area (Å²) < 4.78 is 22.1. The number of hydrogen-bond acceptors (Lipinski definition) is 9. The van der Waals surface area contributed by atoms with Gasteiger partial charge in [0, 0.05) is 32.7 Å². The molecule has 0 unspecified atom stereocenters. The van der Waals surface area contributed by atoms with Gasteiger partial charge in [-0.25, -0.2) is 9.59 Å². The van der Waals surface area contributed by atoms with E-state index in [9.17, 15) is 19.5 Å². The number of phenolic OH excluding ortho intramolecular Hbond substituents is 1. The minimum absolute atomic E-state index is 0.0205. The van der Waals surface area contributed by atoms with Crippen molar-refractivity contribution in [1.82, 2.24) is 9.80 Å². The summed E-state index contributed by atoms with van der Waals surface area (Å²) in [6, 6.07) is 9.30. The van der Waals surface area contributed by atoms with E-state index in [2.05, 4.69) is 4.90 Å². The molecule has 3 aromatic rings. The Morgan fingerprint density at radius 1 is 1.00 bits per heavy atom. The van der Waals surface area contributed by atoms with Crippen LogP contribution >= 0.6 is 0 Å². The number of aromatic hydroxyl groups is 1. The summed E-state index contributed by atoms with van der Waals surface area (Å²) in [5.41, 5.74) is 0.801. The number of carbonyl (C=O) groups is 2. The topological polar surface area (TPSA) is 119 Å². The number of piperazine rings is 1. The minimum atomic E-state index is -0.422. The molecule has 1 N–H and O–H groups in total. The summed E-state index contributed by atoms with van der Waals surface area (Å²) in [5, 5.41) is 10.9. The Hall–Kier alpha value is -4.05. The molecule has 0 aliphatic carbocycles. The molecular formula is C28H32N2O8. The van der Waals surface area contributed by atoms with Gasteiger partial charge in [-0.05, 0) is 56.7 Å². The molecule has 0 bridgehead atoms. The van der Waals surface area contributed by atoms with Gasteiger partial charge in [0.05, 0.1) is 29.7 Å². The molecule has 2 aromatic carbocycles. The second-order valence-electron chi connectivity index (χ2n) is 8.98. The first-order valence-electron chi connectivity index (χ1n) is 12.7. The molecule has 10 heteroatoms. The zero-order valence-electron chi connectivity index (χ0n) is 21.8. The van der Waals surface area contributed by atoms with Crippen molar-refractivity contribution in [2.75, 3.05) is 39.4 Å². The molecule has 1 saturated heterocycles. The van der Waals surface area contributed by atoms with Gasteiger partial charge in [-0.3, -0.25) is 9.69 Å². The number of fused-ring (bicyclic) bond motifs is 1. The van der Waals surface area contributed by atoms with Crippen LogP contribution in [0.1, 0.15) is 41.9 Å². The number of nitrogens with zero attached hydrogens (tertiary/aromatic N) is 2. The predicted molar refractivity (Wildman–Crippen MR) is 140 cm³/mol. The fraction of sp³-hybridized carbons (Fsp3) is 0.393. The molecule has 1 amide bonds. The summed E-state index contributed by atoms with van der Waals surface area (Å²) in [6.45, 7) is 8.49. The first kappa shape index (κ1) is 27.0. The molecule has 0 saturated carbocycles. The van der Waals surface area contributed by atoms with Crippen molar-refractivity contribution in [2.24, 2.45) is 0 Å². The second-order valence-corrected chi connectivity index (χ2v) is 8.98. The molecular weight excluding hydrogens is 492 g/mol. The summed E-state index contributed by atoms with van der Waals surface area (Å²) in [4.78, 5) is 41.1. The maximum Gasteiger partial charge on any atom is 0.409 e. The summed E-state index contributed by atoms with van der Waals surface area (Å²) in [6.07, 6.45) is 0.399. The number of phenols is 1. The van der Waals surface area contributed by atoms with Crippen LogP contribution in [0.25, 0.3) is 11.0 Å². The highest BCUT2D eigenvalue weighted by Crippen LogP contribution is 2.32. The van der Waals surface area contributed by atoms with Gasteiger partial charge in [-0.15, -0.1) is 0 Å². The maximum atomic E-state index is 13.4. The number of amides is 1. The lowest BCUT2D eigenvalue weighted by atomic mass is 10.1. The molecule has 0 spiro atoms. The number of ether oxygens (including phenoxy) is 3. The molecule has 2 heterocycles. The molecule has 38 heavy (non-hydrogen) atoms. The normalized spacial score (nSPS) is 13.9. The minimum Gasteiger partial charge on any atom is -0.507 e. The molecule has 202 valence electrons. The number of rotatable bonds is 8. The van der Waals surface area contributed by atoms with Crippen molar-refractivity contribution in [1.29, 1.82) is 0 Å². The Morgan fingerprint density at radius 2 is 1.71 bits per heavy atom. The van der Waals surface area contributed by atoms with Crippen LogP contribution in [0.4, 0.5) is 4.79 Å². The van der Waals surface area contributed by atoms with Crippen LogP contribution in [0, 0.1) is 6.92 Å². The van der Waals surface area contributed by atoms with Crippen molar-refractivity contribution in [3.63, 3.8) is 0 Å². The van der Waals surface area contributed by atoms with E-state index in [4.69, 9.17) is 18.6 Å². The standard InChI is InChI=1S/C28H32N2O8/c1-4-16-36-27(33)19-6-8-20(9-7-19)38-25-18(3)37-26-21(24(25)32)10-11-23(31)22(26)17-29-12-14-30(15-13-29)28(34)35-5-2/h6-11,31H,4-5,12-17H2,1-3H3. The van der Waals surface area contributed by atoms with Crippen LogP contribution in [0.2, 0.25) is 0 Å². The van der Waals surface area contributed by atoms with Crippen LogP contribution in [-0.2, 0) is 16.0 Å². The molecule has 1 aliphatic heterocycles. The van der Waals surface area contributed by atoms with Crippen LogP contribution < -0.4 is 10.2 Å². The van der Waals surface area contributed by atoms with Gasteiger partial charge >= 0.3 is 12.1 Å². The fourth-order valence-electron chi connectivity index (χ4n) is 4.25. The van der Waals surface area contributed by atoms with E-state index in [-0.39, 0.29) is 34.2 Å². The number of carbonyl (C=O) groups excluding carboxylic acids is 2. The Balaban J connectivity index is 1.54. The lowest BCUT2D eigenvalue weighted by molar-refractivity contribution is 0.0505. The van der Waals surface area contributed by atoms with Crippen LogP contribution in [-0.4, -0.2) is 66.4 Å². The van der Waals surface area contributed by atoms with Crippen LogP contribution in [0.15, 0.2) is 45.6 Å². The largest absolute Gasteiger partial charge is 0.507 e. The van der Waals surface area contributed by atoms with E-state index in [1.165, 1.54) is 12.1 Å². The fourth-order valence-corrected chi connectivity index (χ4v) is 4.25. The van der Waals surface area contributed by atoms with Gasteiger partial charge in [0.2, 0.25) is 11.2 Å². The highest BCUT2D eigenvalue weighted by atomic mass is 16.6. The maximum absolute atomic E-state index is 13.4. The third-order valence-electron chi connectivity index (χ3n) is 6.29.